The second kappa shape index (κ2) is 9.05. The van der Waals surface area contributed by atoms with Crippen molar-refractivity contribution < 1.29 is 23.2 Å². The lowest BCUT2D eigenvalue weighted by Gasteiger charge is -2.33. The molecule has 1 aliphatic heterocycles. The van der Waals surface area contributed by atoms with Gasteiger partial charge in [-0.25, -0.2) is 13.9 Å². The minimum Gasteiger partial charge on any atom is -0.489 e. The van der Waals surface area contributed by atoms with Gasteiger partial charge in [-0.2, -0.15) is 4.31 Å². The molecule has 0 aromatic heterocycles. The standard InChI is InChI=1S/C23H24N2O5S/c26-23(24-27)22-10-3-4-15-25(22)31(28,29)20-13-11-19(12-14-20)30-16-18-8-5-7-17-6-1-2-9-21(17)18/h1-2,5-9,11-14,22,27H,3-4,10,15-16H2,(H,24,26)/t22-/m1/s1. The van der Waals surface area contributed by atoms with Gasteiger partial charge >= 0.3 is 0 Å². The number of sulfonamides is 1. The van der Waals surface area contributed by atoms with Gasteiger partial charge in [-0.05, 0) is 53.4 Å². The molecule has 0 spiro atoms. The summed E-state index contributed by atoms with van der Waals surface area (Å²) in [6, 6.07) is 19.4. The van der Waals surface area contributed by atoms with E-state index in [1.807, 2.05) is 42.5 Å². The van der Waals surface area contributed by atoms with Crippen molar-refractivity contribution in [3.63, 3.8) is 0 Å². The van der Waals surface area contributed by atoms with Crippen molar-refractivity contribution >= 4 is 26.7 Å². The van der Waals surface area contributed by atoms with E-state index in [1.54, 1.807) is 17.6 Å². The fourth-order valence-electron chi connectivity index (χ4n) is 3.95. The largest absolute Gasteiger partial charge is 0.489 e. The van der Waals surface area contributed by atoms with E-state index >= 15 is 0 Å². The molecule has 1 heterocycles. The number of carbonyl (C=O) groups excluding carboxylic acids is 1. The first-order chi connectivity index (χ1) is 15.0. The van der Waals surface area contributed by atoms with Gasteiger partial charge in [-0.3, -0.25) is 10.0 Å². The topological polar surface area (TPSA) is 95.9 Å². The molecule has 2 N–H and O–H groups in total. The summed E-state index contributed by atoms with van der Waals surface area (Å²) in [5.74, 6) is -0.159. The molecular weight excluding hydrogens is 416 g/mol. The Labute approximate surface area is 181 Å². The molecule has 4 rings (SSSR count). The normalized spacial score (nSPS) is 17.4. The molecule has 1 atom stereocenters. The number of benzene rings is 3. The number of amides is 1. The van der Waals surface area contributed by atoms with Crippen LogP contribution in [0.15, 0.2) is 71.6 Å². The Bertz CT molecular complexity index is 1170. The van der Waals surface area contributed by atoms with Crippen LogP contribution in [0.4, 0.5) is 0 Å². The SMILES string of the molecule is O=C(NO)[C@H]1CCCCN1S(=O)(=O)c1ccc(OCc2cccc3ccccc23)cc1. The second-order valence-corrected chi connectivity index (χ2v) is 9.39. The zero-order chi connectivity index (χ0) is 21.8. The van der Waals surface area contributed by atoms with Gasteiger partial charge in [-0.1, -0.05) is 48.9 Å². The number of hydrogen-bond donors (Lipinski definition) is 2. The van der Waals surface area contributed by atoms with Gasteiger partial charge in [0, 0.05) is 6.54 Å². The molecule has 1 amide bonds. The average Bonchev–Trinajstić information content (AvgIpc) is 2.82. The van der Waals surface area contributed by atoms with Crippen LogP contribution in [0.5, 0.6) is 5.75 Å². The van der Waals surface area contributed by atoms with Crippen LogP contribution >= 0.6 is 0 Å². The number of ether oxygens (including phenoxy) is 1. The van der Waals surface area contributed by atoms with E-state index in [4.69, 9.17) is 9.94 Å². The maximum Gasteiger partial charge on any atom is 0.261 e. The average molecular weight is 441 g/mol. The van der Waals surface area contributed by atoms with E-state index in [0.29, 0.717) is 25.2 Å². The van der Waals surface area contributed by atoms with E-state index in [0.717, 1.165) is 27.1 Å². The second-order valence-electron chi connectivity index (χ2n) is 7.50. The molecule has 3 aromatic carbocycles. The van der Waals surface area contributed by atoms with Crippen molar-refractivity contribution in [2.75, 3.05) is 6.54 Å². The quantitative estimate of drug-likeness (QED) is 0.452. The zero-order valence-corrected chi connectivity index (χ0v) is 17.7. The Morgan fingerprint density at radius 2 is 1.77 bits per heavy atom. The Balaban J connectivity index is 1.50. The van der Waals surface area contributed by atoms with Crippen LogP contribution < -0.4 is 10.2 Å². The number of nitrogens with one attached hydrogen (secondary N) is 1. The molecule has 0 radical (unpaired) electrons. The number of fused-ring (bicyclic) bond motifs is 1. The summed E-state index contributed by atoms with van der Waals surface area (Å²) in [6.45, 7) is 0.595. The van der Waals surface area contributed by atoms with Crippen molar-refractivity contribution in [1.82, 2.24) is 9.79 Å². The summed E-state index contributed by atoms with van der Waals surface area (Å²) >= 11 is 0. The van der Waals surface area contributed by atoms with Crippen LogP contribution in [0.3, 0.4) is 0 Å². The lowest BCUT2D eigenvalue weighted by atomic mass is 10.0. The highest BCUT2D eigenvalue weighted by Gasteiger charge is 2.37. The highest BCUT2D eigenvalue weighted by atomic mass is 32.2. The molecule has 8 heteroatoms. The van der Waals surface area contributed by atoms with Crippen LogP contribution in [0.1, 0.15) is 24.8 Å². The van der Waals surface area contributed by atoms with E-state index in [1.165, 1.54) is 12.1 Å². The minimum atomic E-state index is -3.87. The number of carbonyl (C=O) groups is 1. The van der Waals surface area contributed by atoms with E-state index in [-0.39, 0.29) is 11.4 Å². The maximum absolute atomic E-state index is 13.1. The van der Waals surface area contributed by atoms with Crippen LogP contribution in [-0.4, -0.2) is 36.4 Å². The number of piperidine rings is 1. The summed E-state index contributed by atoms with van der Waals surface area (Å²) < 4.78 is 33.2. The van der Waals surface area contributed by atoms with Gasteiger partial charge in [0.1, 0.15) is 18.4 Å². The third kappa shape index (κ3) is 4.41. The minimum absolute atomic E-state index is 0.0858. The molecule has 162 valence electrons. The third-order valence-corrected chi connectivity index (χ3v) is 7.49. The monoisotopic (exact) mass is 440 g/mol. The lowest BCUT2D eigenvalue weighted by Crippen LogP contribution is -2.51. The van der Waals surface area contributed by atoms with Gasteiger partial charge in [0.05, 0.1) is 4.90 Å². The summed E-state index contributed by atoms with van der Waals surface area (Å²) in [5, 5.41) is 11.2. The third-order valence-electron chi connectivity index (χ3n) is 5.57. The predicted molar refractivity (Wildman–Crippen MR) is 116 cm³/mol. The molecule has 1 fully saturated rings. The smallest absolute Gasteiger partial charge is 0.261 e. The fraction of sp³-hybridized carbons (Fsp3) is 0.261. The van der Waals surface area contributed by atoms with Gasteiger partial charge in [0.15, 0.2) is 0 Å². The van der Waals surface area contributed by atoms with Crippen LogP contribution in [0.2, 0.25) is 0 Å². The molecule has 3 aromatic rings. The Hall–Kier alpha value is -2.94. The Morgan fingerprint density at radius 1 is 1.03 bits per heavy atom. The maximum atomic E-state index is 13.1. The lowest BCUT2D eigenvalue weighted by molar-refractivity contribution is -0.134. The van der Waals surface area contributed by atoms with Gasteiger partial charge < -0.3 is 4.74 Å². The number of rotatable bonds is 6. The first kappa shape index (κ1) is 21.3. The van der Waals surface area contributed by atoms with Crippen molar-refractivity contribution in [3.8, 4) is 5.75 Å². The number of hydroxylamine groups is 1. The molecule has 31 heavy (non-hydrogen) atoms. The fourth-order valence-corrected chi connectivity index (χ4v) is 5.61. The number of nitrogens with zero attached hydrogens (tertiary/aromatic N) is 1. The summed E-state index contributed by atoms with van der Waals surface area (Å²) in [6.07, 6.45) is 1.77. The summed E-state index contributed by atoms with van der Waals surface area (Å²) in [7, 11) is -3.87. The van der Waals surface area contributed by atoms with Crippen molar-refractivity contribution in [2.45, 2.75) is 36.8 Å². The first-order valence-electron chi connectivity index (χ1n) is 10.2. The molecule has 0 aliphatic carbocycles. The van der Waals surface area contributed by atoms with Crippen LogP contribution in [-0.2, 0) is 21.4 Å². The molecular formula is C23H24N2O5S. The van der Waals surface area contributed by atoms with E-state index in [2.05, 4.69) is 0 Å². The molecule has 1 saturated heterocycles. The van der Waals surface area contributed by atoms with Crippen molar-refractivity contribution in [2.24, 2.45) is 0 Å². The van der Waals surface area contributed by atoms with Gasteiger partial charge in [-0.15, -0.1) is 0 Å². The van der Waals surface area contributed by atoms with Crippen molar-refractivity contribution in [3.05, 3.63) is 72.3 Å². The summed E-state index contributed by atoms with van der Waals surface area (Å²) in [5.41, 5.74) is 2.62. The summed E-state index contributed by atoms with van der Waals surface area (Å²) in [4.78, 5) is 12.0. The van der Waals surface area contributed by atoms with Crippen LogP contribution in [0, 0.1) is 0 Å². The van der Waals surface area contributed by atoms with Crippen LogP contribution in [0.25, 0.3) is 10.8 Å². The Kier molecular flexibility index (Phi) is 6.22. The van der Waals surface area contributed by atoms with Gasteiger partial charge in [0.2, 0.25) is 10.0 Å². The predicted octanol–water partition coefficient (Wildman–Crippen LogP) is 3.47. The molecule has 0 saturated carbocycles. The molecule has 0 bridgehead atoms. The number of hydrogen-bond acceptors (Lipinski definition) is 5. The molecule has 0 unspecified atom stereocenters. The molecule has 7 nitrogen and oxygen atoms in total. The molecule has 1 aliphatic rings. The van der Waals surface area contributed by atoms with Gasteiger partial charge in [0.25, 0.3) is 5.91 Å². The zero-order valence-electron chi connectivity index (χ0n) is 16.9. The Morgan fingerprint density at radius 3 is 2.55 bits per heavy atom. The van der Waals surface area contributed by atoms with E-state index in [9.17, 15) is 13.2 Å². The highest BCUT2D eigenvalue weighted by molar-refractivity contribution is 7.89. The van der Waals surface area contributed by atoms with Crippen molar-refractivity contribution in [1.29, 1.82) is 0 Å². The first-order valence-corrected chi connectivity index (χ1v) is 11.6. The van der Waals surface area contributed by atoms with E-state index < -0.39 is 22.0 Å². The highest BCUT2D eigenvalue weighted by Crippen LogP contribution is 2.27.